The zero-order valence-electron chi connectivity index (χ0n) is 8.73. The van der Waals surface area contributed by atoms with Crippen LogP contribution in [0.25, 0.3) is 0 Å². The van der Waals surface area contributed by atoms with Crippen molar-refractivity contribution in [2.75, 3.05) is 12.3 Å². The maximum atomic E-state index is 13.8. The number of hydrogen-bond acceptors (Lipinski definition) is 6. The number of halogens is 1. The molecule has 4 atom stereocenters. The lowest BCUT2D eigenvalue weighted by Crippen LogP contribution is -2.33. The summed E-state index contributed by atoms with van der Waals surface area (Å²) in [5.74, 6) is 0.0592. The molecule has 17 heavy (non-hydrogen) atoms. The Morgan fingerprint density at radius 2 is 2.35 bits per heavy atom. The third-order valence-electron chi connectivity index (χ3n) is 2.60. The molecule has 1 aliphatic heterocycles. The molecule has 0 aromatic carbocycles. The van der Waals surface area contributed by atoms with Crippen LogP contribution in [0.2, 0.25) is 0 Å². The van der Waals surface area contributed by atoms with E-state index in [1.54, 1.807) is 0 Å². The van der Waals surface area contributed by atoms with Gasteiger partial charge in [0.1, 0.15) is 17.3 Å². The average molecular weight is 261 g/mol. The molecule has 2 rings (SSSR count). The molecule has 0 spiro atoms. The molecule has 4 N–H and O–H groups in total. The number of nitrogens with zero attached hydrogens (tertiary/aromatic N) is 2. The maximum absolute atomic E-state index is 13.8. The smallest absolute Gasteiger partial charge is 0.350 e. The number of anilines is 1. The van der Waals surface area contributed by atoms with E-state index in [0.717, 1.165) is 16.3 Å². The number of rotatable bonds is 2. The molecule has 0 radical (unpaired) electrons. The Balaban J connectivity index is 2.32. The molecule has 0 unspecified atom stereocenters. The Morgan fingerprint density at radius 3 is 2.88 bits per heavy atom. The fraction of sp³-hybridized carbons (Fsp3) is 0.556. The molecule has 94 valence electrons. The number of aromatic nitrogens is 2. The highest BCUT2D eigenvalue weighted by molar-refractivity contribution is 8.00. The van der Waals surface area contributed by atoms with Crippen molar-refractivity contribution >= 4 is 17.6 Å². The van der Waals surface area contributed by atoms with Crippen molar-refractivity contribution in [3.63, 3.8) is 0 Å². The zero-order chi connectivity index (χ0) is 12.6. The first-order chi connectivity index (χ1) is 8.04. The quantitative estimate of drug-likeness (QED) is 0.640. The minimum absolute atomic E-state index is 0.0592. The summed E-state index contributed by atoms with van der Waals surface area (Å²) in [5.41, 5.74) is 4.66. The van der Waals surface area contributed by atoms with Gasteiger partial charge in [-0.15, -0.1) is 11.8 Å². The number of aliphatic hydroxyl groups excluding tert-OH is 2. The Labute approximate surface area is 100 Å². The van der Waals surface area contributed by atoms with Crippen LogP contribution in [-0.2, 0) is 0 Å². The first-order valence-electron chi connectivity index (χ1n) is 4.97. The van der Waals surface area contributed by atoms with Crippen LogP contribution in [0.3, 0.4) is 0 Å². The molecule has 2 heterocycles. The van der Waals surface area contributed by atoms with Gasteiger partial charge in [-0.1, -0.05) is 0 Å². The van der Waals surface area contributed by atoms with E-state index in [1.807, 2.05) is 0 Å². The lowest BCUT2D eigenvalue weighted by Gasteiger charge is -2.15. The van der Waals surface area contributed by atoms with Gasteiger partial charge in [-0.3, -0.25) is 4.57 Å². The Hall–Kier alpha value is -1.12. The summed E-state index contributed by atoms with van der Waals surface area (Å²) in [6, 6.07) is 1.38. The third kappa shape index (κ3) is 2.15. The van der Waals surface area contributed by atoms with Gasteiger partial charge < -0.3 is 15.9 Å². The van der Waals surface area contributed by atoms with Gasteiger partial charge in [0.05, 0.1) is 11.9 Å². The van der Waals surface area contributed by atoms with Crippen molar-refractivity contribution in [1.29, 1.82) is 0 Å². The van der Waals surface area contributed by atoms with Gasteiger partial charge in [-0.2, -0.15) is 4.98 Å². The van der Waals surface area contributed by atoms with Crippen molar-refractivity contribution in [2.24, 2.45) is 0 Å². The monoisotopic (exact) mass is 261 g/mol. The lowest BCUT2D eigenvalue weighted by molar-refractivity contribution is 0.0631. The summed E-state index contributed by atoms with van der Waals surface area (Å²) in [6.45, 7) is -0.347. The fourth-order valence-electron chi connectivity index (χ4n) is 1.70. The van der Waals surface area contributed by atoms with Crippen LogP contribution < -0.4 is 11.4 Å². The standard InChI is InChI=1S/C9H12FN3O3S/c10-6-7(15)4(3-14)17-8(6)13-2-1-5(11)12-9(13)16/h1-2,4,6-8,14-15H,3H2,(H2,11,12,16)/t4-,6+,7-,8-/m1/s1. The first-order valence-corrected chi connectivity index (χ1v) is 5.92. The number of nitrogens with two attached hydrogens (primary N) is 1. The van der Waals surface area contributed by atoms with Gasteiger partial charge in [0.25, 0.3) is 0 Å². The molecule has 1 aliphatic rings. The molecule has 1 aromatic heterocycles. The van der Waals surface area contributed by atoms with Crippen LogP contribution >= 0.6 is 11.8 Å². The predicted molar refractivity (Wildman–Crippen MR) is 61.3 cm³/mol. The largest absolute Gasteiger partial charge is 0.395 e. The van der Waals surface area contributed by atoms with Crippen LogP contribution in [-0.4, -0.2) is 43.9 Å². The van der Waals surface area contributed by atoms with Crippen LogP contribution in [0.15, 0.2) is 17.1 Å². The number of alkyl halides is 1. The molecule has 0 saturated carbocycles. The van der Waals surface area contributed by atoms with E-state index in [4.69, 9.17) is 10.8 Å². The Bertz CT molecular complexity index is 469. The van der Waals surface area contributed by atoms with Gasteiger partial charge in [-0.05, 0) is 6.07 Å². The molecule has 0 amide bonds. The summed E-state index contributed by atoms with van der Waals surface area (Å²) in [6.07, 6.45) is -1.58. The second-order valence-corrected chi connectivity index (χ2v) is 5.09. The second-order valence-electron chi connectivity index (χ2n) is 3.72. The molecule has 1 saturated heterocycles. The summed E-state index contributed by atoms with van der Waals surface area (Å²) in [5, 5.41) is 17.0. The highest BCUT2D eigenvalue weighted by Gasteiger charge is 2.44. The molecule has 8 heteroatoms. The summed E-state index contributed by atoms with van der Waals surface area (Å²) < 4.78 is 14.9. The number of thioether (sulfide) groups is 1. The van der Waals surface area contributed by atoms with Crippen LogP contribution in [0.5, 0.6) is 0 Å². The molecule has 0 bridgehead atoms. The third-order valence-corrected chi connectivity index (χ3v) is 4.14. The van der Waals surface area contributed by atoms with Gasteiger partial charge in [-0.25, -0.2) is 9.18 Å². The summed E-state index contributed by atoms with van der Waals surface area (Å²) >= 11 is 1.01. The first kappa shape index (κ1) is 12.3. The Morgan fingerprint density at radius 1 is 1.65 bits per heavy atom. The topological polar surface area (TPSA) is 101 Å². The van der Waals surface area contributed by atoms with E-state index in [0.29, 0.717) is 0 Å². The summed E-state index contributed by atoms with van der Waals surface area (Å²) in [4.78, 5) is 15.0. The summed E-state index contributed by atoms with van der Waals surface area (Å²) in [7, 11) is 0. The van der Waals surface area contributed by atoms with Crippen molar-refractivity contribution in [3.05, 3.63) is 22.7 Å². The maximum Gasteiger partial charge on any atom is 0.350 e. The van der Waals surface area contributed by atoms with Gasteiger partial charge in [0, 0.05) is 6.20 Å². The van der Waals surface area contributed by atoms with E-state index in [2.05, 4.69) is 4.98 Å². The predicted octanol–water partition coefficient (Wildman–Crippen LogP) is -0.869. The van der Waals surface area contributed by atoms with E-state index in [-0.39, 0.29) is 12.4 Å². The molecule has 6 nitrogen and oxygen atoms in total. The molecule has 1 aromatic rings. The van der Waals surface area contributed by atoms with Crippen molar-refractivity contribution in [1.82, 2.24) is 9.55 Å². The van der Waals surface area contributed by atoms with Crippen LogP contribution in [0, 0.1) is 0 Å². The number of hydrogen-bond donors (Lipinski definition) is 3. The molecule has 0 aliphatic carbocycles. The number of aliphatic hydroxyl groups is 2. The average Bonchev–Trinajstić information content (AvgIpc) is 2.57. The minimum atomic E-state index is -1.62. The molecular weight excluding hydrogens is 249 g/mol. The van der Waals surface area contributed by atoms with Gasteiger partial charge in [0.15, 0.2) is 6.17 Å². The van der Waals surface area contributed by atoms with Crippen LogP contribution in [0.1, 0.15) is 5.37 Å². The zero-order valence-corrected chi connectivity index (χ0v) is 9.55. The van der Waals surface area contributed by atoms with E-state index in [9.17, 15) is 14.3 Å². The van der Waals surface area contributed by atoms with Gasteiger partial charge in [0.2, 0.25) is 0 Å². The van der Waals surface area contributed by atoms with Crippen molar-refractivity contribution < 1.29 is 14.6 Å². The van der Waals surface area contributed by atoms with E-state index >= 15 is 0 Å². The normalized spacial score (nSPS) is 32.9. The van der Waals surface area contributed by atoms with Crippen molar-refractivity contribution in [2.45, 2.75) is 22.9 Å². The minimum Gasteiger partial charge on any atom is -0.395 e. The number of nitrogen functional groups attached to an aromatic ring is 1. The molecule has 1 fully saturated rings. The second kappa shape index (κ2) is 4.63. The van der Waals surface area contributed by atoms with E-state index in [1.165, 1.54) is 12.3 Å². The Kier molecular flexibility index (Phi) is 3.36. The van der Waals surface area contributed by atoms with Gasteiger partial charge >= 0.3 is 5.69 Å². The lowest BCUT2D eigenvalue weighted by atomic mass is 10.1. The highest BCUT2D eigenvalue weighted by atomic mass is 32.2. The van der Waals surface area contributed by atoms with E-state index < -0.39 is 28.6 Å². The SMILES string of the molecule is Nc1ccn([C@@H]2S[C@H](CO)[C@@H](O)[C@@H]2F)c(=O)n1. The van der Waals surface area contributed by atoms with Crippen LogP contribution in [0.4, 0.5) is 10.2 Å². The fourth-order valence-corrected chi connectivity index (χ4v) is 3.06. The van der Waals surface area contributed by atoms with Crippen molar-refractivity contribution in [3.8, 4) is 0 Å². The highest BCUT2D eigenvalue weighted by Crippen LogP contribution is 2.42. The molecular formula is C9H12FN3O3S.